The molecule has 0 heterocycles. The lowest BCUT2D eigenvalue weighted by atomic mass is 9.58. The summed E-state index contributed by atoms with van der Waals surface area (Å²) in [5, 5.41) is 0. The van der Waals surface area contributed by atoms with Crippen LogP contribution in [0, 0.1) is 66.1 Å². The Morgan fingerprint density at radius 2 is 1.43 bits per heavy atom. The quantitative estimate of drug-likeness (QED) is 0.161. The molecule has 3 fully saturated rings. The molecule has 0 radical (unpaired) electrons. The molecule has 51 heavy (non-hydrogen) atoms. The monoisotopic (exact) mass is 689 g/mol. The summed E-state index contributed by atoms with van der Waals surface area (Å²) in [6.45, 7) is 6.28. The lowest BCUT2D eigenvalue weighted by molar-refractivity contribution is -0.137. The van der Waals surface area contributed by atoms with Crippen molar-refractivity contribution in [2.45, 2.75) is 135 Å². The number of aryl methyl sites for hydroxylation is 2. The maximum Gasteiger partial charge on any atom is 0.328 e. The highest BCUT2D eigenvalue weighted by Crippen LogP contribution is 2.57. The number of terminal acetylenes is 2. The van der Waals surface area contributed by atoms with Gasteiger partial charge in [-0.05, 0) is 164 Å². The molecule has 0 bridgehead atoms. The normalized spacial score (nSPS) is 30.6. The van der Waals surface area contributed by atoms with E-state index >= 15 is 0 Å². The Bertz CT molecular complexity index is 1630. The van der Waals surface area contributed by atoms with Gasteiger partial charge in [-0.1, -0.05) is 45.7 Å². The molecule has 10 atom stereocenters. The minimum Gasteiger partial charge on any atom is -0.427 e. The molecule has 0 saturated heterocycles. The highest BCUT2D eigenvalue weighted by Gasteiger charge is 2.47. The molecule has 3 saturated carbocycles. The highest BCUT2D eigenvalue weighted by atomic mass is 16.5. The maximum absolute atomic E-state index is 12.9. The molecule has 2 aromatic carbocycles. The first kappa shape index (κ1) is 37.2. The Morgan fingerprint density at radius 1 is 0.804 bits per heavy atom. The summed E-state index contributed by atoms with van der Waals surface area (Å²) >= 11 is 0. The minimum absolute atomic E-state index is 0.0449. The topological polar surface area (TPSA) is 78.6 Å². The van der Waals surface area contributed by atoms with Gasteiger partial charge in [0.15, 0.2) is 0 Å². The number of carbonyl (C=O) groups excluding carboxylic acids is 2. The summed E-state index contributed by atoms with van der Waals surface area (Å²) in [5.74, 6) is 12.0. The van der Waals surface area contributed by atoms with Crippen LogP contribution in [-0.2, 0) is 22.4 Å². The molecular formula is C46H59NO4. The van der Waals surface area contributed by atoms with Gasteiger partial charge in [-0.15, -0.1) is 24.7 Å². The third kappa shape index (κ3) is 7.81. The average Bonchev–Trinajstić information content (AvgIpc) is 3.59. The van der Waals surface area contributed by atoms with Gasteiger partial charge < -0.3 is 15.2 Å². The molecule has 5 heteroatoms. The van der Waals surface area contributed by atoms with E-state index in [-0.39, 0.29) is 18.8 Å². The number of fused-ring (bicyclic) bond motifs is 8. The third-order valence-electron chi connectivity index (χ3n) is 13.4. The lowest BCUT2D eigenvalue weighted by Gasteiger charge is -2.46. The van der Waals surface area contributed by atoms with E-state index in [1.165, 1.54) is 80.0 Å². The van der Waals surface area contributed by atoms with Gasteiger partial charge >= 0.3 is 11.9 Å². The fraction of sp³-hybridized carbons (Fsp3) is 0.609. The molecule has 0 aliphatic heterocycles. The highest BCUT2D eigenvalue weighted by molar-refractivity contribution is 5.79. The molecular weight excluding hydrogens is 631 g/mol. The molecule has 7 rings (SSSR count). The Balaban J connectivity index is 0.00000220. The van der Waals surface area contributed by atoms with E-state index in [0.717, 1.165) is 31.6 Å². The first-order chi connectivity index (χ1) is 24.9. The third-order valence-corrected chi connectivity index (χ3v) is 13.4. The minimum atomic E-state index is -0.907. The Morgan fingerprint density at radius 3 is 2.10 bits per heavy atom. The molecule has 5 aliphatic rings. The van der Waals surface area contributed by atoms with E-state index < -0.39 is 12.0 Å². The predicted molar refractivity (Wildman–Crippen MR) is 204 cm³/mol. The fourth-order valence-corrected chi connectivity index (χ4v) is 11.3. The Labute approximate surface area is 307 Å². The standard InChI is InChI=1S/C44H53NO4.C2H6/c1-4-7-28-10-16-39-35-19-13-31(25-29(35)11-17-37(39)33(28)8-5-2)48-43(46)24-23-42(45)44(47)49-32-14-20-36-30(26-32)12-18-41-38-15-9-27(6-3)34(38)21-22-40(36)41;1-2/h1,3,13-14,19-20,25-28,33-34,37-42H,5,7-12,15-18,21-24,45H2,2H3;1-2H3. The fourth-order valence-electron chi connectivity index (χ4n) is 11.3. The summed E-state index contributed by atoms with van der Waals surface area (Å²) in [5.41, 5.74) is 11.6. The van der Waals surface area contributed by atoms with Crippen LogP contribution in [0.3, 0.4) is 0 Å². The van der Waals surface area contributed by atoms with Crippen LogP contribution in [-0.4, -0.2) is 18.0 Å². The van der Waals surface area contributed by atoms with E-state index in [2.05, 4.69) is 30.9 Å². The van der Waals surface area contributed by atoms with Crippen molar-refractivity contribution in [3.63, 3.8) is 0 Å². The Kier molecular flexibility index (Phi) is 12.3. The summed E-state index contributed by atoms with van der Waals surface area (Å²) in [4.78, 5) is 25.8. The average molecular weight is 690 g/mol. The van der Waals surface area contributed by atoms with Gasteiger partial charge in [0, 0.05) is 18.8 Å². The van der Waals surface area contributed by atoms with Crippen LogP contribution in [0.1, 0.15) is 138 Å². The van der Waals surface area contributed by atoms with Crippen LogP contribution in [0.25, 0.3) is 0 Å². The van der Waals surface area contributed by atoms with Gasteiger partial charge in [0.05, 0.1) is 0 Å². The van der Waals surface area contributed by atoms with Crippen molar-refractivity contribution in [1.82, 2.24) is 0 Å². The predicted octanol–water partition coefficient (Wildman–Crippen LogP) is 9.54. The molecule has 0 amide bonds. The van der Waals surface area contributed by atoms with Crippen LogP contribution in [0.4, 0.5) is 0 Å². The zero-order valence-electron chi connectivity index (χ0n) is 31.2. The molecule has 2 aromatic rings. The Hall–Kier alpha value is -3.54. The summed E-state index contributed by atoms with van der Waals surface area (Å²) < 4.78 is 11.5. The molecule has 0 aromatic heterocycles. The number of hydrogen-bond acceptors (Lipinski definition) is 5. The number of nitrogens with two attached hydrogens (primary N) is 1. The van der Waals surface area contributed by atoms with Crippen molar-refractivity contribution in [2.24, 2.45) is 47.2 Å². The van der Waals surface area contributed by atoms with E-state index in [1.807, 2.05) is 38.1 Å². The van der Waals surface area contributed by atoms with Crippen LogP contribution in [0.5, 0.6) is 11.5 Å². The van der Waals surface area contributed by atoms with Gasteiger partial charge in [0.2, 0.25) is 0 Å². The van der Waals surface area contributed by atoms with Gasteiger partial charge in [-0.3, -0.25) is 4.79 Å². The van der Waals surface area contributed by atoms with Crippen LogP contribution >= 0.6 is 0 Å². The van der Waals surface area contributed by atoms with E-state index in [1.54, 1.807) is 0 Å². The van der Waals surface area contributed by atoms with Crippen LogP contribution in [0.15, 0.2) is 36.4 Å². The van der Waals surface area contributed by atoms with Crippen molar-refractivity contribution in [2.75, 3.05) is 0 Å². The van der Waals surface area contributed by atoms with Crippen LogP contribution < -0.4 is 15.2 Å². The smallest absolute Gasteiger partial charge is 0.328 e. The summed E-state index contributed by atoms with van der Waals surface area (Å²) in [7, 11) is 0. The first-order valence-corrected chi connectivity index (χ1v) is 20.2. The second-order valence-corrected chi connectivity index (χ2v) is 15.8. The van der Waals surface area contributed by atoms with Crippen molar-refractivity contribution in [3.05, 3.63) is 58.7 Å². The molecule has 0 spiro atoms. The SMILES string of the molecule is C#CCC1CCC2c3ccc(OC(=O)CCC(N)C(=O)Oc4ccc5c(c4)CCC4C5CCC5C(C#C)CCC54)cc3CCC2C1CCC.CC. The van der Waals surface area contributed by atoms with Gasteiger partial charge in [-0.25, -0.2) is 4.79 Å². The van der Waals surface area contributed by atoms with E-state index in [4.69, 9.17) is 28.1 Å². The van der Waals surface area contributed by atoms with Crippen molar-refractivity contribution in [1.29, 1.82) is 0 Å². The molecule has 272 valence electrons. The summed E-state index contributed by atoms with van der Waals surface area (Å²) in [6, 6.07) is 11.4. The second kappa shape index (κ2) is 16.9. The van der Waals surface area contributed by atoms with Crippen molar-refractivity contribution in [3.8, 4) is 36.2 Å². The second-order valence-electron chi connectivity index (χ2n) is 15.8. The van der Waals surface area contributed by atoms with Gasteiger partial charge in [0.1, 0.15) is 17.5 Å². The largest absolute Gasteiger partial charge is 0.427 e. The molecule has 2 N–H and O–H groups in total. The number of carbonyl (C=O) groups is 2. The van der Waals surface area contributed by atoms with Gasteiger partial charge in [-0.2, -0.15) is 0 Å². The summed E-state index contributed by atoms with van der Waals surface area (Å²) in [6.07, 6.45) is 26.7. The maximum atomic E-state index is 12.9. The molecule has 5 nitrogen and oxygen atoms in total. The lowest BCUT2D eigenvalue weighted by Crippen LogP contribution is -2.36. The number of hydrogen-bond donors (Lipinski definition) is 1. The number of benzene rings is 2. The first-order valence-electron chi connectivity index (χ1n) is 20.2. The zero-order valence-corrected chi connectivity index (χ0v) is 31.2. The van der Waals surface area contributed by atoms with Gasteiger partial charge in [0.25, 0.3) is 0 Å². The van der Waals surface area contributed by atoms with E-state index in [9.17, 15) is 9.59 Å². The van der Waals surface area contributed by atoms with Crippen molar-refractivity contribution >= 4 is 11.9 Å². The molecule has 5 aliphatic carbocycles. The van der Waals surface area contributed by atoms with Crippen LogP contribution in [0.2, 0.25) is 0 Å². The van der Waals surface area contributed by atoms with Crippen molar-refractivity contribution < 1.29 is 19.1 Å². The number of esters is 2. The molecule has 10 unspecified atom stereocenters. The zero-order chi connectivity index (χ0) is 36.1. The number of ether oxygens (including phenoxy) is 2. The number of rotatable bonds is 9. The van der Waals surface area contributed by atoms with E-state index in [0.29, 0.717) is 58.8 Å².